The average Bonchev–Trinajstić information content (AvgIpc) is 2.54. The minimum atomic E-state index is -0.924. The number of rotatable bonds is 12. The van der Waals surface area contributed by atoms with Crippen LogP contribution in [0.2, 0.25) is 0 Å². The number of hydrogen-bond acceptors (Lipinski definition) is 8. The molecule has 0 aliphatic rings. The number of esters is 4. The predicted octanol–water partition coefficient (Wildman–Crippen LogP) is 1.93. The van der Waals surface area contributed by atoms with Gasteiger partial charge in [-0.2, -0.15) is 0 Å². The largest absolute Gasteiger partial charge is 0.463 e. The van der Waals surface area contributed by atoms with Crippen molar-refractivity contribution in [3.63, 3.8) is 0 Å². The van der Waals surface area contributed by atoms with E-state index in [1.165, 1.54) is 13.8 Å². The molecule has 0 saturated heterocycles. The summed E-state index contributed by atoms with van der Waals surface area (Å²) in [6, 6.07) is 0. The van der Waals surface area contributed by atoms with Crippen LogP contribution in [-0.4, -0.2) is 49.3 Å². The van der Waals surface area contributed by atoms with Crippen LogP contribution in [0.5, 0.6) is 0 Å². The highest BCUT2D eigenvalue weighted by Gasteiger charge is 2.19. The third-order valence-corrected chi connectivity index (χ3v) is 3.12. The Labute approximate surface area is 148 Å². The molecule has 0 spiro atoms. The van der Waals surface area contributed by atoms with Gasteiger partial charge >= 0.3 is 23.9 Å². The number of carbonyl (C=O) groups excluding carboxylic acids is 4. The van der Waals surface area contributed by atoms with E-state index in [0.717, 1.165) is 0 Å². The maximum atomic E-state index is 11.6. The van der Waals surface area contributed by atoms with Crippen LogP contribution in [0.25, 0.3) is 0 Å². The monoisotopic (exact) mass is 360 g/mol. The van der Waals surface area contributed by atoms with Gasteiger partial charge in [0, 0.05) is 12.8 Å². The van der Waals surface area contributed by atoms with E-state index in [1.807, 2.05) is 0 Å². The maximum Gasteiger partial charge on any atom is 0.347 e. The molecular weight excluding hydrogens is 332 g/mol. The van der Waals surface area contributed by atoms with Crippen molar-refractivity contribution in [2.45, 2.75) is 72.0 Å². The molecule has 0 heterocycles. The molecule has 8 heteroatoms. The lowest BCUT2D eigenvalue weighted by Crippen LogP contribution is -2.26. The molecule has 144 valence electrons. The van der Waals surface area contributed by atoms with E-state index >= 15 is 0 Å². The summed E-state index contributed by atoms with van der Waals surface area (Å²) >= 11 is 0. The Balaban J connectivity index is 3.81. The normalized spacial score (nSPS) is 12.6. The van der Waals surface area contributed by atoms with Crippen LogP contribution in [0.4, 0.5) is 0 Å². The molecule has 0 amide bonds. The Morgan fingerprint density at radius 2 is 1.04 bits per heavy atom. The zero-order chi connectivity index (χ0) is 19.2. The smallest absolute Gasteiger partial charge is 0.347 e. The first-order chi connectivity index (χ1) is 11.8. The van der Waals surface area contributed by atoms with Gasteiger partial charge in [-0.15, -0.1) is 0 Å². The molecule has 0 aromatic carbocycles. The summed E-state index contributed by atoms with van der Waals surface area (Å²) in [4.78, 5) is 45.8. The Hall–Kier alpha value is -2.12. The molecule has 25 heavy (non-hydrogen) atoms. The highest BCUT2D eigenvalue weighted by Crippen LogP contribution is 2.08. The molecule has 0 aromatic rings. The molecule has 0 rings (SSSR count). The van der Waals surface area contributed by atoms with E-state index in [4.69, 9.17) is 18.9 Å². The Morgan fingerprint density at radius 1 is 0.680 bits per heavy atom. The molecule has 8 nitrogen and oxygen atoms in total. The summed E-state index contributed by atoms with van der Waals surface area (Å²) in [6.45, 7) is 6.71. The van der Waals surface area contributed by atoms with E-state index < -0.39 is 36.1 Å². The van der Waals surface area contributed by atoms with Gasteiger partial charge < -0.3 is 18.9 Å². The standard InChI is InChI=1S/C17H28O8/c1-5-22-16(20)12(3)24-14(18)10-8-7-9-11-15(19)25-13(4)17(21)23-6-2/h12-13H,5-11H2,1-4H3. The number of unbranched alkanes of at least 4 members (excludes halogenated alkanes) is 2. The topological polar surface area (TPSA) is 105 Å². The fourth-order valence-corrected chi connectivity index (χ4v) is 1.84. The highest BCUT2D eigenvalue weighted by molar-refractivity contribution is 5.79. The van der Waals surface area contributed by atoms with E-state index in [1.54, 1.807) is 13.8 Å². The van der Waals surface area contributed by atoms with Gasteiger partial charge in [0.25, 0.3) is 0 Å². The number of hydrogen-bond donors (Lipinski definition) is 0. The van der Waals surface area contributed by atoms with Gasteiger partial charge in [0.05, 0.1) is 13.2 Å². The lowest BCUT2D eigenvalue weighted by molar-refractivity contribution is -0.166. The zero-order valence-corrected chi connectivity index (χ0v) is 15.4. The van der Waals surface area contributed by atoms with Crippen molar-refractivity contribution in [3.05, 3.63) is 0 Å². The van der Waals surface area contributed by atoms with E-state index in [2.05, 4.69) is 0 Å². The summed E-state index contributed by atoms with van der Waals surface area (Å²) < 4.78 is 19.3. The van der Waals surface area contributed by atoms with E-state index in [9.17, 15) is 19.2 Å². The molecule has 0 aliphatic carbocycles. The Morgan fingerprint density at radius 3 is 1.36 bits per heavy atom. The van der Waals surface area contributed by atoms with Gasteiger partial charge in [0.2, 0.25) is 0 Å². The summed E-state index contributed by atoms with van der Waals surface area (Å²) in [5, 5.41) is 0. The first kappa shape index (κ1) is 22.9. The number of carbonyl (C=O) groups is 4. The molecule has 0 bridgehead atoms. The van der Waals surface area contributed by atoms with Crippen molar-refractivity contribution in [2.24, 2.45) is 0 Å². The van der Waals surface area contributed by atoms with Crippen LogP contribution in [0.15, 0.2) is 0 Å². The van der Waals surface area contributed by atoms with Gasteiger partial charge in [-0.1, -0.05) is 6.42 Å². The highest BCUT2D eigenvalue weighted by atomic mass is 16.6. The fraction of sp³-hybridized carbons (Fsp3) is 0.765. The first-order valence-electron chi connectivity index (χ1n) is 8.54. The van der Waals surface area contributed by atoms with Crippen molar-refractivity contribution in [3.8, 4) is 0 Å². The van der Waals surface area contributed by atoms with Crippen molar-refractivity contribution < 1.29 is 38.1 Å². The van der Waals surface area contributed by atoms with Crippen LogP contribution in [0.1, 0.15) is 59.8 Å². The van der Waals surface area contributed by atoms with Crippen LogP contribution >= 0.6 is 0 Å². The predicted molar refractivity (Wildman–Crippen MR) is 87.5 cm³/mol. The zero-order valence-electron chi connectivity index (χ0n) is 15.4. The minimum absolute atomic E-state index is 0.151. The minimum Gasteiger partial charge on any atom is -0.463 e. The van der Waals surface area contributed by atoms with Crippen LogP contribution in [0, 0.1) is 0 Å². The molecule has 2 atom stereocenters. The Kier molecular flexibility index (Phi) is 12.1. The lowest BCUT2D eigenvalue weighted by atomic mass is 10.1. The van der Waals surface area contributed by atoms with E-state index in [0.29, 0.717) is 19.3 Å². The average molecular weight is 360 g/mol. The SMILES string of the molecule is CCOC(=O)C(C)OC(=O)CCCCCC(=O)OC(C)C(=O)OCC. The number of ether oxygens (including phenoxy) is 4. The van der Waals surface area contributed by atoms with Gasteiger partial charge in [-0.05, 0) is 40.5 Å². The second-order valence-electron chi connectivity index (χ2n) is 5.33. The van der Waals surface area contributed by atoms with Crippen molar-refractivity contribution in [1.82, 2.24) is 0 Å². The summed E-state index contributed by atoms with van der Waals surface area (Å²) in [6.07, 6.45) is 0.116. The third kappa shape index (κ3) is 11.1. The van der Waals surface area contributed by atoms with E-state index in [-0.39, 0.29) is 26.1 Å². The molecule has 2 unspecified atom stereocenters. The van der Waals surface area contributed by atoms with Gasteiger partial charge in [0.1, 0.15) is 0 Å². The second kappa shape index (κ2) is 13.2. The van der Waals surface area contributed by atoms with Crippen LogP contribution in [0.3, 0.4) is 0 Å². The van der Waals surface area contributed by atoms with Crippen LogP contribution < -0.4 is 0 Å². The second-order valence-corrected chi connectivity index (χ2v) is 5.33. The summed E-state index contributed by atoms with van der Waals surface area (Å²) in [7, 11) is 0. The molecule has 0 aromatic heterocycles. The van der Waals surface area contributed by atoms with Crippen molar-refractivity contribution in [1.29, 1.82) is 0 Å². The third-order valence-electron chi connectivity index (χ3n) is 3.12. The summed E-state index contributed by atoms with van der Waals surface area (Å²) in [5.74, 6) is -2.12. The maximum absolute atomic E-state index is 11.6. The first-order valence-corrected chi connectivity index (χ1v) is 8.54. The lowest BCUT2D eigenvalue weighted by Gasteiger charge is -2.12. The molecule has 0 N–H and O–H groups in total. The van der Waals surface area contributed by atoms with Gasteiger partial charge in [-0.25, -0.2) is 9.59 Å². The van der Waals surface area contributed by atoms with Gasteiger partial charge in [-0.3, -0.25) is 9.59 Å². The van der Waals surface area contributed by atoms with Crippen molar-refractivity contribution >= 4 is 23.9 Å². The van der Waals surface area contributed by atoms with Crippen LogP contribution in [-0.2, 0) is 38.1 Å². The Bertz CT molecular complexity index is 406. The molecule has 0 radical (unpaired) electrons. The van der Waals surface area contributed by atoms with Crippen molar-refractivity contribution in [2.75, 3.05) is 13.2 Å². The fourth-order valence-electron chi connectivity index (χ4n) is 1.84. The molecule has 0 fully saturated rings. The molecular formula is C17H28O8. The summed E-state index contributed by atoms with van der Waals surface area (Å²) in [5.41, 5.74) is 0. The quantitative estimate of drug-likeness (QED) is 0.295. The molecule has 0 aliphatic heterocycles. The van der Waals surface area contributed by atoms with Gasteiger partial charge in [0.15, 0.2) is 12.2 Å². The molecule has 0 saturated carbocycles.